The van der Waals surface area contributed by atoms with Crippen molar-refractivity contribution in [2.75, 3.05) is 23.7 Å². The minimum absolute atomic E-state index is 0.684. The average molecular weight is 217 g/mol. The second-order valence-corrected chi connectivity index (χ2v) is 5.20. The third-order valence-electron chi connectivity index (χ3n) is 3.51. The third kappa shape index (κ3) is 2.29. The van der Waals surface area contributed by atoms with Crippen LogP contribution in [0, 0.1) is 11.8 Å². The summed E-state index contributed by atoms with van der Waals surface area (Å²) in [7, 11) is 0. The van der Waals surface area contributed by atoms with Gasteiger partial charge in [0.25, 0.3) is 0 Å². The highest BCUT2D eigenvalue weighted by molar-refractivity contribution is 5.63. The fraction of sp³-hybridized carbons (Fsp3) is 0.615. The van der Waals surface area contributed by atoms with Crippen molar-refractivity contribution in [1.82, 2.24) is 4.98 Å². The molecule has 3 rings (SSSR count). The number of pyridine rings is 1. The highest BCUT2D eigenvalue weighted by Gasteiger charge is 2.30. The van der Waals surface area contributed by atoms with Gasteiger partial charge in [-0.1, -0.05) is 0 Å². The maximum atomic E-state index is 5.96. The first-order chi connectivity index (χ1) is 7.83. The van der Waals surface area contributed by atoms with Gasteiger partial charge in [-0.15, -0.1) is 0 Å². The van der Waals surface area contributed by atoms with E-state index in [0.717, 1.165) is 17.5 Å². The molecule has 0 bridgehead atoms. The van der Waals surface area contributed by atoms with Gasteiger partial charge in [-0.25, -0.2) is 4.98 Å². The lowest BCUT2D eigenvalue weighted by Gasteiger charge is -2.25. The molecule has 2 saturated carbocycles. The maximum absolute atomic E-state index is 5.96. The summed E-state index contributed by atoms with van der Waals surface area (Å²) in [4.78, 5) is 6.65. The molecule has 0 radical (unpaired) electrons. The van der Waals surface area contributed by atoms with Crippen LogP contribution < -0.4 is 10.6 Å². The van der Waals surface area contributed by atoms with Crippen LogP contribution in [-0.4, -0.2) is 18.1 Å². The smallest absolute Gasteiger partial charge is 0.146 e. The van der Waals surface area contributed by atoms with Crippen LogP contribution in [-0.2, 0) is 0 Å². The number of nitrogens with two attached hydrogens (primary N) is 1. The van der Waals surface area contributed by atoms with E-state index < -0.39 is 0 Å². The number of anilines is 2. The molecular formula is C13H19N3. The Bertz CT molecular complexity index is 355. The summed E-state index contributed by atoms with van der Waals surface area (Å²) >= 11 is 0. The number of hydrogen-bond acceptors (Lipinski definition) is 3. The summed E-state index contributed by atoms with van der Waals surface area (Å²) in [5.74, 6) is 2.49. The minimum atomic E-state index is 0.684. The standard InChI is InChI=1S/C13H19N3/c14-13-12(2-1-7-15-13)16(8-10-3-4-10)9-11-5-6-11/h1-2,7,10-11H,3-6,8-9H2,(H2,14,15). The predicted molar refractivity (Wildman–Crippen MR) is 66.3 cm³/mol. The molecule has 1 aromatic rings. The van der Waals surface area contributed by atoms with Gasteiger partial charge in [0.15, 0.2) is 0 Å². The van der Waals surface area contributed by atoms with E-state index >= 15 is 0 Å². The van der Waals surface area contributed by atoms with E-state index in [0.29, 0.717) is 5.82 Å². The van der Waals surface area contributed by atoms with Crippen LogP contribution in [0.2, 0.25) is 0 Å². The lowest BCUT2D eigenvalue weighted by Crippen LogP contribution is -2.29. The van der Waals surface area contributed by atoms with E-state index in [9.17, 15) is 0 Å². The second kappa shape index (κ2) is 3.96. The summed E-state index contributed by atoms with van der Waals surface area (Å²) in [6.07, 6.45) is 7.33. The molecule has 2 aliphatic carbocycles. The molecule has 16 heavy (non-hydrogen) atoms. The van der Waals surface area contributed by atoms with Gasteiger partial charge in [0.05, 0.1) is 5.69 Å². The quantitative estimate of drug-likeness (QED) is 0.822. The third-order valence-corrected chi connectivity index (χ3v) is 3.51. The zero-order valence-corrected chi connectivity index (χ0v) is 9.60. The Kier molecular flexibility index (Phi) is 2.46. The SMILES string of the molecule is Nc1ncccc1N(CC1CC1)CC1CC1. The number of rotatable bonds is 5. The number of aromatic nitrogens is 1. The Hall–Kier alpha value is -1.25. The Labute approximate surface area is 96.7 Å². The van der Waals surface area contributed by atoms with Crippen molar-refractivity contribution < 1.29 is 0 Å². The fourth-order valence-electron chi connectivity index (χ4n) is 2.17. The van der Waals surface area contributed by atoms with Crippen molar-refractivity contribution in [3.05, 3.63) is 18.3 Å². The largest absolute Gasteiger partial charge is 0.382 e. The maximum Gasteiger partial charge on any atom is 0.146 e. The fourth-order valence-corrected chi connectivity index (χ4v) is 2.17. The second-order valence-electron chi connectivity index (χ2n) is 5.20. The summed E-state index contributed by atoms with van der Waals surface area (Å²) in [6.45, 7) is 2.35. The van der Waals surface area contributed by atoms with Gasteiger partial charge in [0.2, 0.25) is 0 Å². The first-order valence-electron chi connectivity index (χ1n) is 6.28. The molecule has 2 aliphatic rings. The number of hydrogen-bond donors (Lipinski definition) is 1. The van der Waals surface area contributed by atoms with Crippen LogP contribution >= 0.6 is 0 Å². The van der Waals surface area contributed by atoms with E-state index in [1.807, 2.05) is 6.07 Å². The molecule has 0 spiro atoms. The van der Waals surface area contributed by atoms with Gasteiger partial charge in [0, 0.05) is 19.3 Å². The van der Waals surface area contributed by atoms with Gasteiger partial charge in [-0.05, 0) is 49.7 Å². The normalized spacial score (nSPS) is 19.8. The van der Waals surface area contributed by atoms with E-state index in [1.165, 1.54) is 38.8 Å². The highest BCUT2D eigenvalue weighted by atomic mass is 15.2. The van der Waals surface area contributed by atoms with Crippen molar-refractivity contribution in [3.63, 3.8) is 0 Å². The van der Waals surface area contributed by atoms with Crippen LogP contribution in [0.4, 0.5) is 11.5 Å². The summed E-state index contributed by atoms with van der Waals surface area (Å²) in [5.41, 5.74) is 7.10. The highest BCUT2D eigenvalue weighted by Crippen LogP contribution is 2.36. The molecular weight excluding hydrogens is 198 g/mol. The van der Waals surface area contributed by atoms with Crippen molar-refractivity contribution in [2.45, 2.75) is 25.7 Å². The van der Waals surface area contributed by atoms with E-state index in [-0.39, 0.29) is 0 Å². The molecule has 1 aromatic heterocycles. The zero-order chi connectivity index (χ0) is 11.0. The molecule has 0 aliphatic heterocycles. The molecule has 0 atom stereocenters. The van der Waals surface area contributed by atoms with Gasteiger partial charge in [-0.3, -0.25) is 0 Å². The topological polar surface area (TPSA) is 42.1 Å². The molecule has 1 heterocycles. The van der Waals surface area contributed by atoms with Crippen molar-refractivity contribution in [1.29, 1.82) is 0 Å². The first-order valence-corrected chi connectivity index (χ1v) is 6.28. The minimum Gasteiger partial charge on any atom is -0.382 e. The Morgan fingerprint density at radius 3 is 2.31 bits per heavy atom. The van der Waals surface area contributed by atoms with E-state index in [2.05, 4.69) is 16.0 Å². The molecule has 3 heteroatoms. The van der Waals surface area contributed by atoms with Gasteiger partial charge in [0.1, 0.15) is 5.82 Å². The van der Waals surface area contributed by atoms with Crippen LogP contribution in [0.5, 0.6) is 0 Å². The Morgan fingerprint density at radius 1 is 1.19 bits per heavy atom. The first kappa shape index (κ1) is 9.94. The van der Waals surface area contributed by atoms with Crippen molar-refractivity contribution in [3.8, 4) is 0 Å². The molecule has 0 saturated heterocycles. The number of nitrogen functional groups attached to an aromatic ring is 1. The van der Waals surface area contributed by atoms with Crippen molar-refractivity contribution >= 4 is 11.5 Å². The van der Waals surface area contributed by atoms with Gasteiger partial charge in [-0.2, -0.15) is 0 Å². The van der Waals surface area contributed by atoms with E-state index in [1.54, 1.807) is 6.20 Å². The number of nitrogens with zero attached hydrogens (tertiary/aromatic N) is 2. The zero-order valence-electron chi connectivity index (χ0n) is 9.60. The summed E-state index contributed by atoms with van der Waals surface area (Å²) in [6, 6.07) is 4.09. The van der Waals surface area contributed by atoms with Crippen LogP contribution in [0.1, 0.15) is 25.7 Å². The molecule has 3 nitrogen and oxygen atoms in total. The molecule has 2 N–H and O–H groups in total. The average Bonchev–Trinajstić information content (AvgIpc) is 3.12. The lowest BCUT2D eigenvalue weighted by molar-refractivity contribution is 0.679. The predicted octanol–water partition coefficient (Wildman–Crippen LogP) is 2.29. The van der Waals surface area contributed by atoms with E-state index in [4.69, 9.17) is 5.73 Å². The van der Waals surface area contributed by atoms with Crippen LogP contribution in [0.25, 0.3) is 0 Å². The Balaban J connectivity index is 1.76. The molecule has 86 valence electrons. The van der Waals surface area contributed by atoms with Crippen LogP contribution in [0.15, 0.2) is 18.3 Å². The molecule has 2 fully saturated rings. The molecule has 0 amide bonds. The lowest BCUT2D eigenvalue weighted by atomic mass is 10.2. The molecule has 0 aromatic carbocycles. The van der Waals surface area contributed by atoms with Crippen LogP contribution in [0.3, 0.4) is 0 Å². The summed E-state index contributed by atoms with van der Waals surface area (Å²) in [5, 5.41) is 0. The summed E-state index contributed by atoms with van der Waals surface area (Å²) < 4.78 is 0. The Morgan fingerprint density at radius 2 is 1.81 bits per heavy atom. The van der Waals surface area contributed by atoms with Gasteiger partial charge < -0.3 is 10.6 Å². The van der Waals surface area contributed by atoms with Crippen molar-refractivity contribution in [2.24, 2.45) is 11.8 Å². The molecule has 0 unspecified atom stereocenters. The van der Waals surface area contributed by atoms with Gasteiger partial charge >= 0.3 is 0 Å². The monoisotopic (exact) mass is 217 g/mol.